The van der Waals surface area contributed by atoms with Gasteiger partial charge in [0.05, 0.1) is 16.2 Å². The van der Waals surface area contributed by atoms with Gasteiger partial charge in [0.25, 0.3) is 0 Å². The first-order chi connectivity index (χ1) is 20.9. The number of nitrogens with zero attached hydrogens (tertiary/aromatic N) is 5. The second kappa shape index (κ2) is 11.9. The van der Waals surface area contributed by atoms with Crippen LogP contribution in [0.3, 0.4) is 0 Å². The molecule has 6 rings (SSSR count). The first kappa shape index (κ1) is 27.9. The average Bonchev–Trinajstić information content (AvgIpc) is 3.59. The van der Waals surface area contributed by atoms with Crippen LogP contribution < -0.4 is 24.9 Å². The van der Waals surface area contributed by atoms with Gasteiger partial charge in [-0.05, 0) is 67.6 Å². The van der Waals surface area contributed by atoms with Crippen LogP contribution in [-0.2, 0) is 10.0 Å². The summed E-state index contributed by atoms with van der Waals surface area (Å²) in [5.74, 6) is 2.52. The largest absolute Gasteiger partial charge is 0.486 e. The molecular formula is C30H28N8O4S. The molecule has 0 aliphatic carbocycles. The predicted molar refractivity (Wildman–Crippen MR) is 164 cm³/mol. The van der Waals surface area contributed by atoms with Crippen LogP contribution in [0.2, 0.25) is 0 Å². The molecule has 0 atom stereocenters. The SMILES string of the molecule is CNS(=O)(=O)c1ccc(C(C)=NNc2nc(Nc3ccccc3)nc(-n3cccn3)c2-c2ccc3c(c2)OCCO3)cc1. The lowest BCUT2D eigenvalue weighted by Crippen LogP contribution is -2.18. The van der Waals surface area contributed by atoms with E-state index in [1.54, 1.807) is 29.2 Å². The number of para-hydroxylation sites is 1. The van der Waals surface area contributed by atoms with Crippen molar-refractivity contribution < 1.29 is 17.9 Å². The van der Waals surface area contributed by atoms with Crippen LogP contribution in [0.1, 0.15) is 12.5 Å². The van der Waals surface area contributed by atoms with Crippen LogP contribution in [0, 0.1) is 0 Å². The van der Waals surface area contributed by atoms with Gasteiger partial charge in [0.1, 0.15) is 13.2 Å². The van der Waals surface area contributed by atoms with Crippen LogP contribution in [0.15, 0.2) is 101 Å². The first-order valence-corrected chi connectivity index (χ1v) is 14.9. The molecule has 13 heteroatoms. The minimum Gasteiger partial charge on any atom is -0.486 e. The number of hydrogen-bond donors (Lipinski definition) is 3. The standard InChI is InChI=1S/C30H28N8O4S/c1-20(21-9-12-24(13-10-21)43(39,40)31-2)36-37-28-27(22-11-14-25-26(19-22)42-18-17-41-25)29(38-16-6-15-32-38)35-30(34-28)33-23-7-4-3-5-8-23/h3-16,19,31H,17-18H2,1-2H3,(H2,33,34,35,37). The van der Waals surface area contributed by atoms with Crippen LogP contribution in [-0.4, -0.2) is 54.1 Å². The summed E-state index contributed by atoms with van der Waals surface area (Å²) in [6.45, 7) is 2.75. The maximum atomic E-state index is 12.1. The molecule has 12 nitrogen and oxygen atoms in total. The average molecular weight is 597 g/mol. The third kappa shape index (κ3) is 6.03. The fourth-order valence-electron chi connectivity index (χ4n) is 4.46. The van der Waals surface area contributed by atoms with Crippen molar-refractivity contribution in [2.75, 3.05) is 31.0 Å². The Hall–Kier alpha value is -5.27. The van der Waals surface area contributed by atoms with Gasteiger partial charge in [-0.25, -0.2) is 17.8 Å². The van der Waals surface area contributed by atoms with E-state index in [1.807, 2.05) is 61.5 Å². The summed E-state index contributed by atoms with van der Waals surface area (Å²) in [7, 11) is -2.18. The van der Waals surface area contributed by atoms with E-state index in [1.165, 1.54) is 19.2 Å². The number of hydrogen-bond acceptors (Lipinski definition) is 10. The van der Waals surface area contributed by atoms with Gasteiger partial charge in [0, 0.05) is 18.1 Å². The summed E-state index contributed by atoms with van der Waals surface area (Å²) in [5.41, 5.74) is 6.67. The van der Waals surface area contributed by atoms with Gasteiger partial charge in [-0.1, -0.05) is 36.4 Å². The number of rotatable bonds is 9. The molecule has 0 fully saturated rings. The second-order valence-corrected chi connectivity index (χ2v) is 11.3. The number of sulfonamides is 1. The maximum Gasteiger partial charge on any atom is 0.240 e. The van der Waals surface area contributed by atoms with Crippen molar-refractivity contribution in [3.05, 3.63) is 96.8 Å². The van der Waals surface area contributed by atoms with E-state index in [9.17, 15) is 8.42 Å². The van der Waals surface area contributed by atoms with Crippen LogP contribution in [0.25, 0.3) is 16.9 Å². The number of anilines is 3. The Morgan fingerprint density at radius 2 is 1.70 bits per heavy atom. The third-order valence-corrected chi connectivity index (χ3v) is 8.08. The summed E-state index contributed by atoms with van der Waals surface area (Å²) in [5, 5.41) is 12.3. The summed E-state index contributed by atoms with van der Waals surface area (Å²) in [6, 6.07) is 23.5. The fourth-order valence-corrected chi connectivity index (χ4v) is 5.19. The number of nitrogens with one attached hydrogen (secondary N) is 3. The Kier molecular flexibility index (Phi) is 7.73. The third-order valence-electron chi connectivity index (χ3n) is 6.65. The molecule has 3 N–H and O–H groups in total. The molecule has 3 aromatic carbocycles. The number of ether oxygens (including phenoxy) is 2. The molecule has 0 spiro atoms. The summed E-state index contributed by atoms with van der Waals surface area (Å²) < 4.78 is 39.9. The van der Waals surface area contributed by atoms with Crippen molar-refractivity contribution in [2.45, 2.75) is 11.8 Å². The molecule has 0 radical (unpaired) electrons. The monoisotopic (exact) mass is 596 g/mol. The van der Waals surface area contributed by atoms with Gasteiger partial charge < -0.3 is 14.8 Å². The van der Waals surface area contributed by atoms with Crippen LogP contribution in [0.4, 0.5) is 17.5 Å². The van der Waals surface area contributed by atoms with E-state index in [0.717, 1.165) is 16.8 Å². The number of aromatic nitrogens is 4. The Balaban J connectivity index is 1.45. The minimum absolute atomic E-state index is 0.164. The van der Waals surface area contributed by atoms with E-state index < -0.39 is 10.0 Å². The quantitative estimate of drug-likeness (QED) is 0.164. The van der Waals surface area contributed by atoms with Gasteiger partial charge in [-0.3, -0.25) is 5.43 Å². The Morgan fingerprint density at radius 1 is 0.930 bits per heavy atom. The predicted octanol–water partition coefficient (Wildman–Crippen LogP) is 4.59. The van der Waals surface area contributed by atoms with E-state index in [-0.39, 0.29) is 4.90 Å². The molecule has 1 aliphatic heterocycles. The zero-order valence-electron chi connectivity index (χ0n) is 23.4. The molecular weight excluding hydrogens is 568 g/mol. The van der Waals surface area contributed by atoms with Crippen molar-refractivity contribution in [1.82, 2.24) is 24.5 Å². The van der Waals surface area contributed by atoms with E-state index >= 15 is 0 Å². The van der Waals surface area contributed by atoms with E-state index in [4.69, 9.17) is 19.4 Å². The summed E-state index contributed by atoms with van der Waals surface area (Å²) in [4.78, 5) is 9.81. The number of benzene rings is 3. The van der Waals surface area contributed by atoms with Crippen molar-refractivity contribution in [2.24, 2.45) is 5.10 Å². The normalized spacial score (nSPS) is 13.0. The van der Waals surface area contributed by atoms with Crippen molar-refractivity contribution >= 4 is 33.2 Å². The minimum atomic E-state index is -3.55. The molecule has 43 heavy (non-hydrogen) atoms. The number of hydrazone groups is 1. The van der Waals surface area contributed by atoms with E-state index in [2.05, 4.69) is 25.7 Å². The van der Waals surface area contributed by atoms with Crippen molar-refractivity contribution in [3.63, 3.8) is 0 Å². The van der Waals surface area contributed by atoms with Gasteiger partial charge >= 0.3 is 0 Å². The van der Waals surface area contributed by atoms with Gasteiger partial charge in [-0.2, -0.15) is 20.2 Å². The second-order valence-electron chi connectivity index (χ2n) is 9.44. The Morgan fingerprint density at radius 3 is 2.42 bits per heavy atom. The zero-order chi connectivity index (χ0) is 29.8. The lowest BCUT2D eigenvalue weighted by molar-refractivity contribution is 0.171. The van der Waals surface area contributed by atoms with Crippen molar-refractivity contribution in [1.29, 1.82) is 0 Å². The fraction of sp³-hybridized carbons (Fsp3) is 0.133. The molecule has 0 saturated heterocycles. The highest BCUT2D eigenvalue weighted by atomic mass is 32.2. The molecule has 0 saturated carbocycles. The number of fused-ring (bicyclic) bond motifs is 1. The van der Waals surface area contributed by atoms with Crippen LogP contribution in [0.5, 0.6) is 11.5 Å². The lowest BCUT2D eigenvalue weighted by Gasteiger charge is -2.20. The smallest absolute Gasteiger partial charge is 0.240 e. The van der Waals surface area contributed by atoms with E-state index in [0.29, 0.717) is 53.6 Å². The molecule has 3 heterocycles. The topological polar surface area (TPSA) is 145 Å². The highest BCUT2D eigenvalue weighted by molar-refractivity contribution is 7.89. The van der Waals surface area contributed by atoms with Crippen molar-refractivity contribution in [3.8, 4) is 28.4 Å². The van der Waals surface area contributed by atoms with Gasteiger partial charge in [0.15, 0.2) is 23.1 Å². The zero-order valence-corrected chi connectivity index (χ0v) is 24.2. The Bertz CT molecular complexity index is 1880. The molecule has 1 aliphatic rings. The summed E-state index contributed by atoms with van der Waals surface area (Å²) in [6.07, 6.45) is 3.47. The van der Waals surface area contributed by atoms with Gasteiger partial charge in [0.2, 0.25) is 16.0 Å². The maximum absolute atomic E-state index is 12.1. The molecule has 0 bridgehead atoms. The summed E-state index contributed by atoms with van der Waals surface area (Å²) >= 11 is 0. The Labute approximate surface area is 248 Å². The molecule has 0 unspecified atom stereocenters. The molecule has 218 valence electrons. The molecule has 0 amide bonds. The highest BCUT2D eigenvalue weighted by Crippen LogP contribution is 2.39. The lowest BCUT2D eigenvalue weighted by atomic mass is 10.1. The molecule has 5 aromatic rings. The first-order valence-electron chi connectivity index (χ1n) is 13.4. The van der Waals surface area contributed by atoms with Gasteiger partial charge in [-0.15, -0.1) is 0 Å². The van der Waals surface area contributed by atoms with Crippen LogP contribution >= 0.6 is 0 Å². The molecule has 2 aromatic heterocycles. The highest BCUT2D eigenvalue weighted by Gasteiger charge is 2.22.